The fourth-order valence-corrected chi connectivity index (χ4v) is 2.69. The molecule has 0 aliphatic rings. The molecule has 4 N–H and O–H groups in total. The summed E-state index contributed by atoms with van der Waals surface area (Å²) in [4.78, 5) is 32.0. The first-order valence-corrected chi connectivity index (χ1v) is 8.79. The van der Waals surface area contributed by atoms with E-state index in [-0.39, 0.29) is 5.91 Å². The lowest BCUT2D eigenvalue weighted by Crippen LogP contribution is -2.32. The summed E-state index contributed by atoms with van der Waals surface area (Å²) < 4.78 is 13.7. The highest BCUT2D eigenvalue weighted by Gasteiger charge is 2.17. The first-order chi connectivity index (χ1) is 14.1. The molecule has 4 aromatic rings. The number of H-pyrrole nitrogens is 1. The number of nitrogens with one attached hydrogen (secondary N) is 4. The maximum atomic E-state index is 13.7. The largest absolute Gasteiger partial charge is 0.357 e. The van der Waals surface area contributed by atoms with Crippen molar-refractivity contribution < 1.29 is 9.18 Å². The zero-order valence-corrected chi connectivity index (χ0v) is 15.3. The summed E-state index contributed by atoms with van der Waals surface area (Å²) in [6, 6.07) is 8.74. The molecule has 0 bridgehead atoms. The van der Waals surface area contributed by atoms with E-state index in [2.05, 4.69) is 40.9 Å². The fraction of sp³-hybridized carbons (Fsp3) is 0.105. The van der Waals surface area contributed by atoms with E-state index in [4.69, 9.17) is 0 Å². The van der Waals surface area contributed by atoms with Crippen molar-refractivity contribution >= 4 is 40.1 Å². The summed E-state index contributed by atoms with van der Waals surface area (Å²) in [5.41, 5.74) is 1.91. The van der Waals surface area contributed by atoms with Gasteiger partial charge in [-0.2, -0.15) is 0 Å². The third kappa shape index (κ3) is 4.10. The van der Waals surface area contributed by atoms with Crippen LogP contribution in [0.4, 0.5) is 27.4 Å². The SMILES string of the molecule is CC(Nc1ncnc2nc[nH]c12)C(=O)Nc1ccc(F)cc1Nc1ccccn1. The first kappa shape index (κ1) is 18.3. The summed E-state index contributed by atoms with van der Waals surface area (Å²) in [5, 5.41) is 8.83. The highest BCUT2D eigenvalue weighted by Crippen LogP contribution is 2.26. The van der Waals surface area contributed by atoms with Gasteiger partial charge in [0.1, 0.15) is 29.5 Å². The molecule has 1 aromatic carbocycles. The van der Waals surface area contributed by atoms with E-state index in [0.29, 0.717) is 34.2 Å². The van der Waals surface area contributed by atoms with E-state index in [9.17, 15) is 9.18 Å². The lowest BCUT2D eigenvalue weighted by molar-refractivity contribution is -0.116. The number of hydrogen-bond donors (Lipinski definition) is 4. The number of rotatable bonds is 6. The average Bonchev–Trinajstić information content (AvgIpc) is 3.20. The van der Waals surface area contributed by atoms with E-state index in [0.717, 1.165) is 0 Å². The van der Waals surface area contributed by atoms with E-state index in [1.807, 2.05) is 0 Å². The highest BCUT2D eigenvalue weighted by atomic mass is 19.1. The first-order valence-electron chi connectivity index (χ1n) is 8.79. The molecule has 0 spiro atoms. The molecule has 1 amide bonds. The minimum absolute atomic E-state index is 0.327. The molecule has 0 fully saturated rings. The number of anilines is 4. The van der Waals surface area contributed by atoms with E-state index in [1.54, 1.807) is 31.3 Å². The lowest BCUT2D eigenvalue weighted by Gasteiger charge is -2.17. The minimum atomic E-state index is -0.635. The predicted molar refractivity (Wildman–Crippen MR) is 107 cm³/mol. The summed E-state index contributed by atoms with van der Waals surface area (Å²) in [7, 11) is 0. The maximum Gasteiger partial charge on any atom is 0.246 e. The second-order valence-electron chi connectivity index (χ2n) is 6.21. The van der Waals surface area contributed by atoms with Gasteiger partial charge < -0.3 is 20.9 Å². The normalized spacial score (nSPS) is 11.8. The Labute approximate surface area is 164 Å². The molecule has 10 heteroatoms. The van der Waals surface area contributed by atoms with Gasteiger partial charge in [-0.1, -0.05) is 6.07 Å². The predicted octanol–water partition coefficient (Wildman–Crippen LogP) is 3.07. The molecule has 29 heavy (non-hydrogen) atoms. The molecule has 4 rings (SSSR count). The molecule has 0 aliphatic heterocycles. The van der Waals surface area contributed by atoms with Gasteiger partial charge in [0.05, 0.1) is 17.7 Å². The van der Waals surface area contributed by atoms with Crippen molar-refractivity contribution in [2.45, 2.75) is 13.0 Å². The third-order valence-electron chi connectivity index (χ3n) is 4.14. The van der Waals surface area contributed by atoms with Crippen LogP contribution < -0.4 is 16.0 Å². The van der Waals surface area contributed by atoms with Gasteiger partial charge in [-0.15, -0.1) is 0 Å². The minimum Gasteiger partial charge on any atom is -0.357 e. The lowest BCUT2D eigenvalue weighted by atomic mass is 10.2. The quantitative estimate of drug-likeness (QED) is 0.398. The molecule has 0 aliphatic carbocycles. The molecule has 1 atom stereocenters. The molecule has 0 radical (unpaired) electrons. The van der Waals surface area contributed by atoms with Crippen molar-refractivity contribution in [1.82, 2.24) is 24.9 Å². The molecular formula is C19H17FN8O. The van der Waals surface area contributed by atoms with Crippen LogP contribution in [0.1, 0.15) is 6.92 Å². The smallest absolute Gasteiger partial charge is 0.246 e. The summed E-state index contributed by atoms with van der Waals surface area (Å²) in [5.74, 6) is 0.227. The van der Waals surface area contributed by atoms with Gasteiger partial charge in [0.2, 0.25) is 5.91 Å². The Bertz CT molecular complexity index is 1150. The van der Waals surface area contributed by atoms with Crippen LogP contribution in [0.5, 0.6) is 0 Å². The Hall–Kier alpha value is -4.08. The number of carbonyl (C=O) groups is 1. The third-order valence-corrected chi connectivity index (χ3v) is 4.14. The number of carbonyl (C=O) groups excluding carboxylic acids is 1. The highest BCUT2D eigenvalue weighted by molar-refractivity contribution is 5.99. The molecule has 3 aromatic heterocycles. The molecule has 0 saturated carbocycles. The second kappa shape index (κ2) is 7.89. The van der Waals surface area contributed by atoms with Gasteiger partial charge in [0.25, 0.3) is 0 Å². The fourth-order valence-electron chi connectivity index (χ4n) is 2.69. The zero-order chi connectivity index (χ0) is 20.2. The Balaban J connectivity index is 1.51. The van der Waals surface area contributed by atoms with Crippen LogP contribution in [0.3, 0.4) is 0 Å². The molecule has 9 nitrogen and oxygen atoms in total. The average molecular weight is 392 g/mol. The monoisotopic (exact) mass is 392 g/mol. The van der Waals surface area contributed by atoms with Crippen molar-refractivity contribution in [1.29, 1.82) is 0 Å². The van der Waals surface area contributed by atoms with Crippen molar-refractivity contribution in [2.75, 3.05) is 16.0 Å². The van der Waals surface area contributed by atoms with Crippen LogP contribution in [0.15, 0.2) is 55.2 Å². The number of benzene rings is 1. The number of fused-ring (bicyclic) bond motifs is 1. The van der Waals surface area contributed by atoms with Crippen LogP contribution in [0, 0.1) is 5.82 Å². The van der Waals surface area contributed by atoms with E-state index >= 15 is 0 Å². The van der Waals surface area contributed by atoms with Gasteiger partial charge in [0, 0.05) is 6.20 Å². The van der Waals surface area contributed by atoms with Crippen LogP contribution in [-0.2, 0) is 4.79 Å². The Kier molecular flexibility index (Phi) is 4.97. The molecular weight excluding hydrogens is 375 g/mol. The van der Waals surface area contributed by atoms with Gasteiger partial charge >= 0.3 is 0 Å². The summed E-state index contributed by atoms with van der Waals surface area (Å²) in [6.07, 6.45) is 4.48. The molecule has 146 valence electrons. The molecule has 1 unspecified atom stereocenters. The van der Waals surface area contributed by atoms with E-state index in [1.165, 1.54) is 30.9 Å². The topological polar surface area (TPSA) is 121 Å². The Morgan fingerprint density at radius 3 is 2.83 bits per heavy atom. The number of amides is 1. The van der Waals surface area contributed by atoms with Gasteiger partial charge in [-0.25, -0.2) is 24.3 Å². The van der Waals surface area contributed by atoms with Crippen molar-refractivity contribution in [3.8, 4) is 0 Å². The number of aromatic amines is 1. The number of pyridine rings is 1. The Morgan fingerprint density at radius 2 is 2.00 bits per heavy atom. The van der Waals surface area contributed by atoms with Gasteiger partial charge in [-0.3, -0.25) is 4.79 Å². The van der Waals surface area contributed by atoms with Gasteiger partial charge in [0.15, 0.2) is 11.5 Å². The molecule has 3 heterocycles. The van der Waals surface area contributed by atoms with Crippen molar-refractivity contribution in [3.63, 3.8) is 0 Å². The number of nitrogens with zero attached hydrogens (tertiary/aromatic N) is 4. The van der Waals surface area contributed by atoms with Crippen LogP contribution in [0.2, 0.25) is 0 Å². The second-order valence-corrected chi connectivity index (χ2v) is 6.21. The maximum absolute atomic E-state index is 13.7. The van der Waals surface area contributed by atoms with Crippen LogP contribution in [-0.4, -0.2) is 36.9 Å². The van der Waals surface area contributed by atoms with E-state index < -0.39 is 11.9 Å². The zero-order valence-electron chi connectivity index (χ0n) is 15.3. The number of halogens is 1. The Morgan fingerprint density at radius 1 is 1.10 bits per heavy atom. The number of imidazole rings is 1. The molecule has 0 saturated heterocycles. The van der Waals surface area contributed by atoms with Crippen LogP contribution in [0.25, 0.3) is 11.2 Å². The number of hydrogen-bond acceptors (Lipinski definition) is 7. The standard InChI is InChI=1S/C19H17FN8O/c1-11(26-18-16-17(23-9-22-16)24-10-25-18)19(29)28-13-6-5-12(20)8-14(13)27-15-4-2-3-7-21-15/h2-11H,1H3,(H,21,27)(H,28,29)(H2,22,23,24,25,26). The van der Waals surface area contributed by atoms with Crippen LogP contribution >= 0.6 is 0 Å². The van der Waals surface area contributed by atoms with Gasteiger partial charge in [-0.05, 0) is 37.3 Å². The summed E-state index contributed by atoms with van der Waals surface area (Å²) in [6.45, 7) is 1.69. The van der Waals surface area contributed by atoms with Crippen molar-refractivity contribution in [2.24, 2.45) is 0 Å². The summed E-state index contributed by atoms with van der Waals surface area (Å²) >= 11 is 0. The van der Waals surface area contributed by atoms with Crippen molar-refractivity contribution in [3.05, 3.63) is 61.1 Å². The number of aromatic nitrogens is 5.